The number of hydrogen-bond acceptors (Lipinski definition) is 5. The van der Waals surface area contributed by atoms with Gasteiger partial charge in [0.2, 0.25) is 0 Å². The lowest BCUT2D eigenvalue weighted by Crippen LogP contribution is -2.08. The standard InChI is InChI=1S/C7H6N2O4/c1-13-7(12)5-3-8-4(2-9-5)6(10)11/h2-3H,1H3,(H,10,11). The summed E-state index contributed by atoms with van der Waals surface area (Å²) in [6.07, 6.45) is 2.05. The topological polar surface area (TPSA) is 89.4 Å². The first kappa shape index (κ1) is 9.11. The number of aromatic nitrogens is 2. The van der Waals surface area contributed by atoms with Crippen molar-refractivity contribution in [1.29, 1.82) is 0 Å². The average molecular weight is 182 g/mol. The maximum atomic E-state index is 10.8. The first-order chi connectivity index (χ1) is 6.15. The van der Waals surface area contributed by atoms with Crippen LogP contribution in [0, 0.1) is 0 Å². The molecule has 0 saturated heterocycles. The molecule has 1 aromatic rings. The third-order valence-electron chi connectivity index (χ3n) is 1.27. The van der Waals surface area contributed by atoms with Crippen molar-refractivity contribution in [2.45, 2.75) is 0 Å². The molecule has 0 saturated carbocycles. The van der Waals surface area contributed by atoms with Gasteiger partial charge < -0.3 is 9.84 Å². The number of ether oxygens (including phenoxy) is 1. The quantitative estimate of drug-likeness (QED) is 0.645. The Morgan fingerprint density at radius 3 is 2.23 bits per heavy atom. The second-order valence-corrected chi connectivity index (χ2v) is 2.08. The highest BCUT2D eigenvalue weighted by atomic mass is 16.5. The zero-order valence-corrected chi connectivity index (χ0v) is 6.72. The molecule has 0 atom stereocenters. The molecule has 0 unspecified atom stereocenters. The summed E-state index contributed by atoms with van der Waals surface area (Å²) in [5.41, 5.74) is -0.236. The van der Waals surface area contributed by atoms with E-state index in [1.807, 2.05) is 0 Å². The third kappa shape index (κ3) is 1.98. The van der Waals surface area contributed by atoms with Crippen LogP contribution in [0.3, 0.4) is 0 Å². The third-order valence-corrected chi connectivity index (χ3v) is 1.27. The fourth-order valence-electron chi connectivity index (χ4n) is 0.648. The van der Waals surface area contributed by atoms with Gasteiger partial charge in [-0.2, -0.15) is 0 Å². The van der Waals surface area contributed by atoms with Crippen LogP contribution in [0.2, 0.25) is 0 Å². The van der Waals surface area contributed by atoms with Gasteiger partial charge in [0.25, 0.3) is 0 Å². The molecule has 68 valence electrons. The van der Waals surface area contributed by atoms with Crippen LogP contribution in [-0.4, -0.2) is 34.1 Å². The van der Waals surface area contributed by atoms with Gasteiger partial charge >= 0.3 is 11.9 Å². The molecule has 0 radical (unpaired) electrons. The van der Waals surface area contributed by atoms with Gasteiger partial charge in [-0.3, -0.25) is 0 Å². The number of carbonyl (C=O) groups excluding carboxylic acids is 1. The summed E-state index contributed by atoms with van der Waals surface area (Å²) in [7, 11) is 1.20. The molecule has 0 amide bonds. The Balaban J connectivity index is 2.93. The highest BCUT2D eigenvalue weighted by Crippen LogP contribution is 1.96. The molecular weight excluding hydrogens is 176 g/mol. The molecule has 1 heterocycles. The highest BCUT2D eigenvalue weighted by molar-refractivity contribution is 5.88. The molecule has 6 nitrogen and oxygen atoms in total. The van der Waals surface area contributed by atoms with Gasteiger partial charge in [-0.15, -0.1) is 0 Å². The summed E-state index contributed by atoms with van der Waals surface area (Å²) in [4.78, 5) is 28.2. The first-order valence-corrected chi connectivity index (χ1v) is 3.29. The lowest BCUT2D eigenvalue weighted by Gasteiger charge is -1.96. The van der Waals surface area contributed by atoms with Crippen molar-refractivity contribution in [3.8, 4) is 0 Å². The Labute approximate surface area is 73.2 Å². The number of hydrogen-bond donors (Lipinski definition) is 1. The van der Waals surface area contributed by atoms with Gasteiger partial charge in [-0.25, -0.2) is 19.6 Å². The fraction of sp³-hybridized carbons (Fsp3) is 0.143. The van der Waals surface area contributed by atoms with E-state index < -0.39 is 11.9 Å². The summed E-state index contributed by atoms with van der Waals surface area (Å²) in [5, 5.41) is 8.45. The zero-order valence-electron chi connectivity index (χ0n) is 6.72. The SMILES string of the molecule is COC(=O)c1cnc(C(=O)O)cn1. The van der Waals surface area contributed by atoms with Crippen molar-refractivity contribution in [3.63, 3.8) is 0 Å². The van der Waals surface area contributed by atoms with Gasteiger partial charge in [0.1, 0.15) is 0 Å². The second-order valence-electron chi connectivity index (χ2n) is 2.08. The van der Waals surface area contributed by atoms with Gasteiger partial charge in [0.15, 0.2) is 11.4 Å². The van der Waals surface area contributed by atoms with E-state index in [2.05, 4.69) is 14.7 Å². The van der Waals surface area contributed by atoms with Crippen molar-refractivity contribution in [2.24, 2.45) is 0 Å². The Morgan fingerprint density at radius 1 is 1.31 bits per heavy atom. The number of methoxy groups -OCH3 is 1. The summed E-state index contributed by atoms with van der Waals surface area (Å²) in [5.74, 6) is -1.84. The van der Waals surface area contributed by atoms with E-state index in [0.717, 1.165) is 12.4 Å². The first-order valence-electron chi connectivity index (χ1n) is 3.29. The van der Waals surface area contributed by atoms with Gasteiger partial charge in [-0.1, -0.05) is 0 Å². The number of carboxylic acid groups (broad SMARTS) is 1. The molecule has 0 aliphatic carbocycles. The Hall–Kier alpha value is -1.98. The molecule has 0 aliphatic heterocycles. The summed E-state index contributed by atoms with van der Waals surface area (Å²) < 4.78 is 4.35. The fourth-order valence-corrected chi connectivity index (χ4v) is 0.648. The van der Waals surface area contributed by atoms with Crippen LogP contribution in [-0.2, 0) is 4.74 Å². The Kier molecular flexibility index (Phi) is 2.53. The molecule has 0 aliphatic rings. The average Bonchev–Trinajstić information content (AvgIpc) is 2.17. The second kappa shape index (κ2) is 3.61. The molecule has 0 fully saturated rings. The van der Waals surface area contributed by atoms with Crippen LogP contribution in [0.5, 0.6) is 0 Å². The summed E-state index contributed by atoms with van der Waals surface area (Å²) in [6, 6.07) is 0. The van der Waals surface area contributed by atoms with E-state index in [4.69, 9.17) is 5.11 Å². The summed E-state index contributed by atoms with van der Waals surface area (Å²) in [6.45, 7) is 0. The molecule has 0 spiro atoms. The van der Waals surface area contributed by atoms with Crippen molar-refractivity contribution in [1.82, 2.24) is 9.97 Å². The molecule has 1 rings (SSSR count). The minimum atomic E-state index is -1.19. The van der Waals surface area contributed by atoms with Crippen LogP contribution in [0.1, 0.15) is 21.0 Å². The zero-order chi connectivity index (χ0) is 9.84. The van der Waals surface area contributed by atoms with E-state index in [9.17, 15) is 9.59 Å². The lowest BCUT2D eigenvalue weighted by molar-refractivity contribution is 0.0590. The summed E-state index contributed by atoms with van der Waals surface area (Å²) >= 11 is 0. The lowest BCUT2D eigenvalue weighted by atomic mass is 10.4. The molecule has 1 aromatic heterocycles. The number of rotatable bonds is 2. The van der Waals surface area contributed by atoms with E-state index in [0.29, 0.717) is 0 Å². The van der Waals surface area contributed by atoms with Gasteiger partial charge in [-0.05, 0) is 0 Å². The molecular formula is C7H6N2O4. The van der Waals surface area contributed by atoms with Gasteiger partial charge in [0, 0.05) is 0 Å². The largest absolute Gasteiger partial charge is 0.476 e. The van der Waals surface area contributed by atoms with Gasteiger partial charge in [0.05, 0.1) is 19.5 Å². The normalized spacial score (nSPS) is 9.31. The van der Waals surface area contributed by atoms with E-state index in [1.165, 1.54) is 7.11 Å². The van der Waals surface area contributed by atoms with E-state index in [1.54, 1.807) is 0 Å². The van der Waals surface area contributed by atoms with E-state index in [-0.39, 0.29) is 11.4 Å². The molecule has 13 heavy (non-hydrogen) atoms. The van der Waals surface area contributed by atoms with Crippen molar-refractivity contribution < 1.29 is 19.4 Å². The monoisotopic (exact) mass is 182 g/mol. The smallest absolute Gasteiger partial charge is 0.358 e. The van der Waals surface area contributed by atoms with Crippen LogP contribution in [0.15, 0.2) is 12.4 Å². The number of carbonyl (C=O) groups is 2. The number of aromatic carboxylic acids is 1. The number of nitrogens with zero attached hydrogens (tertiary/aromatic N) is 2. The molecule has 0 bridgehead atoms. The van der Waals surface area contributed by atoms with Crippen LogP contribution >= 0.6 is 0 Å². The number of carboxylic acids is 1. The van der Waals surface area contributed by atoms with Crippen molar-refractivity contribution >= 4 is 11.9 Å². The minimum Gasteiger partial charge on any atom is -0.476 e. The molecule has 6 heteroatoms. The predicted molar refractivity (Wildman–Crippen MR) is 40.3 cm³/mol. The maximum absolute atomic E-state index is 10.8. The van der Waals surface area contributed by atoms with Crippen molar-refractivity contribution in [3.05, 3.63) is 23.8 Å². The van der Waals surface area contributed by atoms with Crippen LogP contribution in [0.25, 0.3) is 0 Å². The van der Waals surface area contributed by atoms with E-state index >= 15 is 0 Å². The molecule has 0 aromatic carbocycles. The predicted octanol–water partition coefficient (Wildman–Crippen LogP) is -0.0386. The molecule has 1 N–H and O–H groups in total. The maximum Gasteiger partial charge on any atom is 0.358 e. The van der Waals surface area contributed by atoms with Crippen LogP contribution in [0.4, 0.5) is 0 Å². The minimum absolute atomic E-state index is 0.0208. The highest BCUT2D eigenvalue weighted by Gasteiger charge is 2.09. The van der Waals surface area contributed by atoms with Crippen LogP contribution < -0.4 is 0 Å². The van der Waals surface area contributed by atoms with Crippen molar-refractivity contribution in [2.75, 3.05) is 7.11 Å². The Morgan fingerprint density at radius 2 is 1.85 bits per heavy atom. The number of esters is 1. The Bertz CT molecular complexity index is 333.